The quantitative estimate of drug-likeness (QED) is 0.842. The van der Waals surface area contributed by atoms with E-state index < -0.39 is 0 Å². The highest BCUT2D eigenvalue weighted by atomic mass is 35.5. The van der Waals surface area contributed by atoms with Crippen molar-refractivity contribution in [3.05, 3.63) is 28.8 Å². The number of hydrogen-bond acceptors (Lipinski definition) is 2. The number of rotatable bonds is 2. The first-order chi connectivity index (χ1) is 8.95. The Morgan fingerprint density at radius 2 is 2.05 bits per heavy atom. The van der Waals surface area contributed by atoms with Crippen molar-refractivity contribution in [3.63, 3.8) is 0 Å². The van der Waals surface area contributed by atoms with Gasteiger partial charge in [0.1, 0.15) is 0 Å². The van der Waals surface area contributed by atoms with E-state index in [9.17, 15) is 4.79 Å². The number of amides is 1. The van der Waals surface area contributed by atoms with Gasteiger partial charge in [0.25, 0.3) is 5.91 Å². The second kappa shape index (κ2) is 5.41. The van der Waals surface area contributed by atoms with Crippen molar-refractivity contribution in [2.75, 3.05) is 18.8 Å². The monoisotopic (exact) mass is 280 g/mol. The van der Waals surface area contributed by atoms with E-state index in [0.29, 0.717) is 21.7 Å². The van der Waals surface area contributed by atoms with Gasteiger partial charge in [0.15, 0.2) is 0 Å². The van der Waals surface area contributed by atoms with Crippen molar-refractivity contribution in [2.45, 2.75) is 33.1 Å². The Morgan fingerprint density at radius 1 is 1.42 bits per heavy atom. The Hall–Kier alpha value is -1.22. The Balaban J connectivity index is 2.07. The lowest BCUT2D eigenvalue weighted by molar-refractivity contribution is 0.0600. The fraction of sp³-hybridized carbons (Fsp3) is 0.533. The topological polar surface area (TPSA) is 46.3 Å². The van der Waals surface area contributed by atoms with Crippen LogP contribution in [0.2, 0.25) is 5.02 Å². The fourth-order valence-corrected chi connectivity index (χ4v) is 2.58. The molecule has 0 spiro atoms. The molecule has 3 nitrogen and oxygen atoms in total. The minimum Gasteiger partial charge on any atom is -0.398 e. The van der Waals surface area contributed by atoms with Crippen LogP contribution in [0.3, 0.4) is 0 Å². The summed E-state index contributed by atoms with van der Waals surface area (Å²) < 4.78 is 0. The third-order valence-corrected chi connectivity index (χ3v) is 4.70. The minimum absolute atomic E-state index is 0.0570. The van der Waals surface area contributed by atoms with Gasteiger partial charge in [-0.25, -0.2) is 0 Å². The third-order valence-electron chi connectivity index (χ3n) is 4.35. The lowest BCUT2D eigenvalue weighted by Crippen LogP contribution is -2.41. The van der Waals surface area contributed by atoms with Gasteiger partial charge < -0.3 is 10.6 Å². The molecule has 1 aliphatic heterocycles. The first kappa shape index (κ1) is 14.2. The average Bonchev–Trinajstić information content (AvgIpc) is 2.42. The van der Waals surface area contributed by atoms with E-state index in [0.717, 1.165) is 25.9 Å². The zero-order valence-electron chi connectivity index (χ0n) is 11.6. The number of likely N-dealkylation sites (tertiary alicyclic amines) is 1. The molecule has 1 aromatic rings. The maximum atomic E-state index is 12.4. The van der Waals surface area contributed by atoms with Crippen molar-refractivity contribution in [1.29, 1.82) is 0 Å². The van der Waals surface area contributed by atoms with Gasteiger partial charge in [-0.15, -0.1) is 0 Å². The molecule has 0 bridgehead atoms. The number of carbonyl (C=O) groups is 1. The first-order valence-corrected chi connectivity index (χ1v) is 7.17. The molecular formula is C15H21ClN2O. The van der Waals surface area contributed by atoms with E-state index in [2.05, 4.69) is 13.8 Å². The molecular weight excluding hydrogens is 260 g/mol. The van der Waals surface area contributed by atoms with Crippen molar-refractivity contribution in [1.82, 2.24) is 4.90 Å². The van der Waals surface area contributed by atoms with E-state index in [1.54, 1.807) is 18.2 Å². The van der Waals surface area contributed by atoms with Crippen LogP contribution >= 0.6 is 11.6 Å². The second-order valence-electron chi connectivity index (χ2n) is 5.69. The second-order valence-corrected chi connectivity index (χ2v) is 6.10. The van der Waals surface area contributed by atoms with Gasteiger partial charge in [-0.3, -0.25) is 4.79 Å². The van der Waals surface area contributed by atoms with E-state index >= 15 is 0 Å². The molecule has 1 aromatic carbocycles. The van der Waals surface area contributed by atoms with E-state index in [1.807, 2.05) is 4.90 Å². The maximum Gasteiger partial charge on any atom is 0.253 e. The van der Waals surface area contributed by atoms with Crippen LogP contribution in [0, 0.1) is 5.41 Å². The van der Waals surface area contributed by atoms with Gasteiger partial charge in [0.05, 0.1) is 10.7 Å². The van der Waals surface area contributed by atoms with Crippen molar-refractivity contribution in [3.8, 4) is 0 Å². The molecule has 1 aliphatic rings. The molecule has 2 rings (SSSR count). The predicted molar refractivity (Wildman–Crippen MR) is 79.4 cm³/mol. The van der Waals surface area contributed by atoms with Crippen LogP contribution in [-0.2, 0) is 0 Å². The molecule has 0 unspecified atom stereocenters. The number of benzene rings is 1. The number of hydrogen-bond donors (Lipinski definition) is 1. The molecule has 0 aliphatic carbocycles. The number of nitrogens with zero attached hydrogens (tertiary/aromatic N) is 1. The van der Waals surface area contributed by atoms with Crippen molar-refractivity contribution >= 4 is 23.2 Å². The summed E-state index contributed by atoms with van der Waals surface area (Å²) in [5.41, 5.74) is 7.22. The van der Waals surface area contributed by atoms with Crippen molar-refractivity contribution < 1.29 is 4.79 Å². The Labute approximate surface area is 119 Å². The summed E-state index contributed by atoms with van der Waals surface area (Å²) in [6.45, 7) is 6.17. The standard InChI is InChI=1S/C15H21ClN2O/c1-3-15(2)6-8-18(9-7-15)14(19)11-4-5-12(16)13(17)10-11/h4-5,10H,3,6-9,17H2,1-2H3. The Morgan fingerprint density at radius 3 is 2.58 bits per heavy atom. The third kappa shape index (κ3) is 3.03. The van der Waals surface area contributed by atoms with Gasteiger partial charge in [0, 0.05) is 18.7 Å². The highest BCUT2D eigenvalue weighted by Crippen LogP contribution is 2.34. The number of carbonyl (C=O) groups excluding carboxylic acids is 1. The highest BCUT2D eigenvalue weighted by molar-refractivity contribution is 6.33. The smallest absolute Gasteiger partial charge is 0.253 e. The van der Waals surface area contributed by atoms with Crippen molar-refractivity contribution in [2.24, 2.45) is 5.41 Å². The number of anilines is 1. The van der Waals surface area contributed by atoms with Gasteiger partial charge in [-0.1, -0.05) is 31.9 Å². The van der Waals surface area contributed by atoms with Gasteiger partial charge in [-0.05, 0) is 36.5 Å². The molecule has 1 heterocycles. The molecule has 0 radical (unpaired) electrons. The van der Waals surface area contributed by atoms with Crippen LogP contribution in [0.25, 0.3) is 0 Å². The molecule has 0 atom stereocenters. The summed E-state index contributed by atoms with van der Waals surface area (Å²) in [5.74, 6) is 0.0570. The normalized spacial score (nSPS) is 18.4. The molecule has 0 aromatic heterocycles. The Bertz CT molecular complexity index is 479. The van der Waals surface area contributed by atoms with Crippen LogP contribution in [0.5, 0.6) is 0 Å². The lowest BCUT2D eigenvalue weighted by atomic mass is 9.78. The van der Waals surface area contributed by atoms with Crippen LogP contribution < -0.4 is 5.73 Å². The maximum absolute atomic E-state index is 12.4. The predicted octanol–water partition coefficient (Wildman–Crippen LogP) is 3.57. The highest BCUT2D eigenvalue weighted by Gasteiger charge is 2.30. The molecule has 104 valence electrons. The number of nitrogens with two attached hydrogens (primary N) is 1. The van der Waals surface area contributed by atoms with E-state index in [4.69, 9.17) is 17.3 Å². The average molecular weight is 281 g/mol. The lowest BCUT2D eigenvalue weighted by Gasteiger charge is -2.39. The Kier molecular flexibility index (Phi) is 4.04. The van der Waals surface area contributed by atoms with Crippen LogP contribution in [0.4, 0.5) is 5.69 Å². The van der Waals surface area contributed by atoms with E-state index in [-0.39, 0.29) is 5.91 Å². The fourth-order valence-electron chi connectivity index (χ4n) is 2.46. The summed E-state index contributed by atoms with van der Waals surface area (Å²) in [6, 6.07) is 5.09. The number of halogens is 1. The molecule has 1 fully saturated rings. The molecule has 2 N–H and O–H groups in total. The largest absolute Gasteiger partial charge is 0.398 e. The van der Waals surface area contributed by atoms with Gasteiger partial charge in [0.2, 0.25) is 0 Å². The number of nitrogen functional groups attached to an aromatic ring is 1. The summed E-state index contributed by atoms with van der Waals surface area (Å²) in [4.78, 5) is 14.3. The van der Waals surface area contributed by atoms with Gasteiger partial charge in [-0.2, -0.15) is 0 Å². The molecule has 1 saturated heterocycles. The van der Waals surface area contributed by atoms with Gasteiger partial charge >= 0.3 is 0 Å². The zero-order chi connectivity index (χ0) is 14.0. The number of piperidine rings is 1. The molecule has 19 heavy (non-hydrogen) atoms. The van der Waals surface area contributed by atoms with Crippen LogP contribution in [0.15, 0.2) is 18.2 Å². The van der Waals surface area contributed by atoms with Crippen LogP contribution in [-0.4, -0.2) is 23.9 Å². The summed E-state index contributed by atoms with van der Waals surface area (Å²) in [7, 11) is 0. The van der Waals surface area contributed by atoms with E-state index in [1.165, 1.54) is 6.42 Å². The van der Waals surface area contributed by atoms with Crippen LogP contribution in [0.1, 0.15) is 43.5 Å². The molecule has 0 saturated carbocycles. The summed E-state index contributed by atoms with van der Waals surface area (Å²) in [6.07, 6.45) is 3.31. The first-order valence-electron chi connectivity index (χ1n) is 6.79. The summed E-state index contributed by atoms with van der Waals surface area (Å²) in [5, 5.41) is 0.494. The zero-order valence-corrected chi connectivity index (χ0v) is 12.3. The minimum atomic E-state index is 0.0570. The summed E-state index contributed by atoms with van der Waals surface area (Å²) >= 11 is 5.88. The molecule has 1 amide bonds. The molecule has 4 heteroatoms. The SMILES string of the molecule is CCC1(C)CCN(C(=O)c2ccc(Cl)c(N)c2)CC1.